The van der Waals surface area contributed by atoms with Gasteiger partial charge in [-0.2, -0.15) is 0 Å². The highest BCUT2D eigenvalue weighted by Gasteiger charge is 2.45. The molecule has 0 amide bonds. The van der Waals surface area contributed by atoms with Crippen molar-refractivity contribution in [2.75, 3.05) is 6.61 Å². The van der Waals surface area contributed by atoms with Gasteiger partial charge in [-0.1, -0.05) is 18.2 Å². The number of nitrogens with zero attached hydrogens (tertiary/aromatic N) is 2. The molecular weight excluding hydrogens is 294 g/mol. The van der Waals surface area contributed by atoms with Gasteiger partial charge in [0.2, 0.25) is 5.91 Å². The zero-order valence-electron chi connectivity index (χ0n) is 12.8. The lowest BCUT2D eigenvalue weighted by atomic mass is 10.1. The number of rotatable bonds is 1. The maximum atomic E-state index is 13.1. The molecule has 1 aromatic heterocycles. The molecule has 0 aliphatic carbocycles. The summed E-state index contributed by atoms with van der Waals surface area (Å²) < 4.78 is 7.45. The first kappa shape index (κ1) is 14.8. The molecule has 6 nitrogen and oxygen atoms in total. The summed E-state index contributed by atoms with van der Waals surface area (Å²) in [5.41, 5.74) is 6.90. The van der Waals surface area contributed by atoms with Gasteiger partial charge in [0.1, 0.15) is 12.5 Å². The van der Waals surface area contributed by atoms with Crippen LogP contribution in [0.2, 0.25) is 0 Å². The number of carbonyl (C=O) groups is 1. The van der Waals surface area contributed by atoms with Crippen molar-refractivity contribution in [3.8, 4) is 0 Å². The lowest BCUT2D eigenvalue weighted by molar-refractivity contribution is -0.103. The van der Waals surface area contributed by atoms with Crippen LogP contribution in [-0.2, 0) is 4.74 Å². The summed E-state index contributed by atoms with van der Waals surface area (Å²) in [6, 6.07) is 8.92. The van der Waals surface area contributed by atoms with E-state index in [1.807, 2.05) is 30.3 Å². The summed E-state index contributed by atoms with van der Waals surface area (Å²) in [7, 11) is 0. The summed E-state index contributed by atoms with van der Waals surface area (Å²) in [6.45, 7) is 0.521. The average Bonchev–Trinajstić information content (AvgIpc) is 3.14. The molecule has 23 heavy (non-hydrogen) atoms. The zero-order valence-corrected chi connectivity index (χ0v) is 12.8. The predicted molar refractivity (Wildman–Crippen MR) is 85.8 cm³/mol. The SMILES string of the molecule is N[C@H]1CCO[C@H]2CCC(C(=O)n3ccc4ccccc43)N2C1O. The maximum absolute atomic E-state index is 13.1. The lowest BCUT2D eigenvalue weighted by Gasteiger charge is -2.33. The monoisotopic (exact) mass is 315 g/mol. The molecule has 6 heteroatoms. The summed E-state index contributed by atoms with van der Waals surface area (Å²) in [4.78, 5) is 14.8. The number of fused-ring (bicyclic) bond motifs is 2. The number of carbonyl (C=O) groups excluding carboxylic acids is 1. The quantitative estimate of drug-likeness (QED) is 0.825. The van der Waals surface area contributed by atoms with Gasteiger partial charge in [0.05, 0.1) is 18.2 Å². The van der Waals surface area contributed by atoms with Gasteiger partial charge < -0.3 is 15.6 Å². The van der Waals surface area contributed by atoms with Gasteiger partial charge in [-0.3, -0.25) is 9.36 Å². The molecule has 0 bridgehead atoms. The molecule has 0 saturated carbocycles. The number of hydrogen-bond acceptors (Lipinski definition) is 5. The number of ether oxygens (including phenoxy) is 1. The second-order valence-electron chi connectivity index (χ2n) is 6.31. The van der Waals surface area contributed by atoms with E-state index >= 15 is 0 Å². The summed E-state index contributed by atoms with van der Waals surface area (Å²) in [5.74, 6) is -0.0366. The van der Waals surface area contributed by atoms with E-state index in [0.717, 1.165) is 17.3 Å². The van der Waals surface area contributed by atoms with E-state index in [2.05, 4.69) is 0 Å². The largest absolute Gasteiger partial charge is 0.377 e. The Labute approximate surface area is 134 Å². The Hall–Kier alpha value is -1.73. The summed E-state index contributed by atoms with van der Waals surface area (Å²) in [5, 5.41) is 11.5. The van der Waals surface area contributed by atoms with E-state index in [0.29, 0.717) is 19.4 Å². The Balaban J connectivity index is 1.68. The molecule has 0 spiro atoms. The number of aromatic nitrogens is 1. The highest BCUT2D eigenvalue weighted by atomic mass is 16.5. The van der Waals surface area contributed by atoms with E-state index in [1.54, 1.807) is 15.7 Å². The van der Waals surface area contributed by atoms with E-state index in [-0.39, 0.29) is 12.1 Å². The third-order valence-corrected chi connectivity index (χ3v) is 4.95. The first-order chi connectivity index (χ1) is 11.2. The fourth-order valence-electron chi connectivity index (χ4n) is 3.72. The van der Waals surface area contributed by atoms with Gasteiger partial charge >= 0.3 is 0 Å². The van der Waals surface area contributed by atoms with Crippen molar-refractivity contribution >= 4 is 16.8 Å². The van der Waals surface area contributed by atoms with Crippen LogP contribution in [0.25, 0.3) is 10.9 Å². The van der Waals surface area contributed by atoms with Crippen LogP contribution in [0.1, 0.15) is 24.1 Å². The predicted octanol–water partition coefficient (Wildman–Crippen LogP) is 1.14. The van der Waals surface area contributed by atoms with Gasteiger partial charge in [0, 0.05) is 17.6 Å². The van der Waals surface area contributed by atoms with Crippen LogP contribution in [0.15, 0.2) is 36.5 Å². The Morgan fingerprint density at radius 1 is 1.22 bits per heavy atom. The highest BCUT2D eigenvalue weighted by molar-refractivity contribution is 5.95. The summed E-state index contributed by atoms with van der Waals surface area (Å²) in [6.07, 6.45) is 2.72. The molecule has 2 aliphatic heterocycles. The van der Waals surface area contributed by atoms with E-state index < -0.39 is 18.3 Å². The molecule has 3 heterocycles. The van der Waals surface area contributed by atoms with Crippen molar-refractivity contribution in [1.82, 2.24) is 9.47 Å². The van der Waals surface area contributed by atoms with Crippen molar-refractivity contribution in [3.63, 3.8) is 0 Å². The molecular formula is C17H21N3O3. The molecule has 2 aliphatic rings. The van der Waals surface area contributed by atoms with Gasteiger partial charge in [0.25, 0.3) is 0 Å². The number of hydrogen-bond donors (Lipinski definition) is 2. The molecule has 2 saturated heterocycles. The molecule has 4 rings (SSSR count). The van der Waals surface area contributed by atoms with Crippen molar-refractivity contribution < 1.29 is 14.6 Å². The lowest BCUT2D eigenvalue weighted by Crippen LogP contribution is -2.54. The molecule has 2 aromatic rings. The number of nitrogens with two attached hydrogens (primary N) is 1. The smallest absolute Gasteiger partial charge is 0.248 e. The third kappa shape index (κ3) is 2.38. The second-order valence-corrected chi connectivity index (χ2v) is 6.31. The highest BCUT2D eigenvalue weighted by Crippen LogP contribution is 2.32. The van der Waals surface area contributed by atoms with Crippen LogP contribution in [-0.4, -0.2) is 51.6 Å². The Kier molecular flexibility index (Phi) is 3.69. The minimum Gasteiger partial charge on any atom is -0.377 e. The molecule has 122 valence electrons. The fraction of sp³-hybridized carbons (Fsp3) is 0.471. The Morgan fingerprint density at radius 3 is 2.91 bits per heavy atom. The summed E-state index contributed by atoms with van der Waals surface area (Å²) >= 11 is 0. The van der Waals surface area contributed by atoms with Crippen LogP contribution >= 0.6 is 0 Å². The van der Waals surface area contributed by atoms with Crippen LogP contribution in [0.4, 0.5) is 0 Å². The van der Waals surface area contributed by atoms with Crippen molar-refractivity contribution in [3.05, 3.63) is 36.5 Å². The van der Waals surface area contributed by atoms with Crippen molar-refractivity contribution in [1.29, 1.82) is 0 Å². The molecule has 2 fully saturated rings. The minimum absolute atomic E-state index is 0.0366. The molecule has 0 radical (unpaired) electrons. The maximum Gasteiger partial charge on any atom is 0.248 e. The van der Waals surface area contributed by atoms with Crippen molar-refractivity contribution in [2.24, 2.45) is 5.73 Å². The first-order valence-electron chi connectivity index (χ1n) is 8.10. The van der Waals surface area contributed by atoms with E-state index in [1.165, 1.54) is 0 Å². The Morgan fingerprint density at radius 2 is 2.04 bits per heavy atom. The van der Waals surface area contributed by atoms with Crippen LogP contribution in [0.5, 0.6) is 0 Å². The van der Waals surface area contributed by atoms with Crippen molar-refractivity contribution in [2.45, 2.75) is 43.8 Å². The van der Waals surface area contributed by atoms with Crippen LogP contribution < -0.4 is 5.73 Å². The molecule has 2 unspecified atom stereocenters. The normalized spacial score (nSPS) is 31.9. The minimum atomic E-state index is -0.847. The van der Waals surface area contributed by atoms with Gasteiger partial charge in [-0.15, -0.1) is 0 Å². The van der Waals surface area contributed by atoms with E-state index in [4.69, 9.17) is 10.5 Å². The molecule has 1 aromatic carbocycles. The van der Waals surface area contributed by atoms with Crippen LogP contribution in [0.3, 0.4) is 0 Å². The Bertz CT molecular complexity index is 729. The average molecular weight is 315 g/mol. The third-order valence-electron chi connectivity index (χ3n) is 4.95. The zero-order chi connectivity index (χ0) is 16.0. The van der Waals surface area contributed by atoms with Gasteiger partial charge in [-0.25, -0.2) is 4.90 Å². The fourth-order valence-corrected chi connectivity index (χ4v) is 3.72. The molecule has 4 atom stereocenters. The van der Waals surface area contributed by atoms with Gasteiger partial charge in [0.15, 0.2) is 0 Å². The van der Waals surface area contributed by atoms with Gasteiger partial charge in [-0.05, 0) is 31.4 Å². The second kappa shape index (κ2) is 5.72. The molecule has 3 N–H and O–H groups in total. The number of aliphatic hydroxyl groups is 1. The first-order valence-corrected chi connectivity index (χ1v) is 8.10. The number of aliphatic hydroxyl groups excluding tert-OH is 1. The van der Waals surface area contributed by atoms with E-state index in [9.17, 15) is 9.90 Å². The standard InChI is InChI=1S/C17H21N3O3/c18-12-8-10-23-15-6-5-14(20(15)16(12)21)17(22)19-9-7-11-3-1-2-4-13(11)19/h1-4,7,9,12,14-16,21H,5-6,8,10,18H2/t12-,14?,15-,16?/m0/s1. The van der Waals surface area contributed by atoms with Crippen LogP contribution in [0, 0.1) is 0 Å². The number of benzene rings is 1. The topological polar surface area (TPSA) is 80.7 Å². The number of para-hydroxylation sites is 1.